The molecule has 0 saturated carbocycles. The van der Waals surface area contributed by atoms with Crippen molar-refractivity contribution in [3.05, 3.63) is 52.8 Å². The lowest BCUT2D eigenvalue weighted by atomic mass is 9.80. The van der Waals surface area contributed by atoms with Crippen LogP contribution in [0, 0.1) is 0 Å². The molecular weight excluding hydrogens is 421 g/mol. The summed E-state index contributed by atoms with van der Waals surface area (Å²) in [6, 6.07) is 7.37. The van der Waals surface area contributed by atoms with Crippen LogP contribution in [0.4, 0.5) is 13.2 Å². The lowest BCUT2D eigenvalue weighted by Crippen LogP contribution is -2.58. The molecule has 1 amide bonds. The van der Waals surface area contributed by atoms with Gasteiger partial charge in [0.2, 0.25) is 6.41 Å². The number of aromatic amines is 1. The summed E-state index contributed by atoms with van der Waals surface area (Å²) in [4.78, 5) is 16.2. The van der Waals surface area contributed by atoms with Crippen LogP contribution >= 0.6 is 0 Å². The van der Waals surface area contributed by atoms with Crippen molar-refractivity contribution in [2.75, 3.05) is 32.8 Å². The summed E-state index contributed by atoms with van der Waals surface area (Å²) < 4.78 is 44.5. The van der Waals surface area contributed by atoms with Gasteiger partial charge in [-0.1, -0.05) is 26.0 Å². The Morgan fingerprint density at radius 3 is 2.44 bits per heavy atom. The summed E-state index contributed by atoms with van der Waals surface area (Å²) in [5.41, 5.74) is 2.05. The summed E-state index contributed by atoms with van der Waals surface area (Å²) >= 11 is 0. The van der Waals surface area contributed by atoms with Crippen molar-refractivity contribution in [1.82, 2.24) is 20.0 Å². The van der Waals surface area contributed by atoms with Gasteiger partial charge < -0.3 is 9.64 Å². The molecule has 174 valence electrons. The first-order valence-corrected chi connectivity index (χ1v) is 11.0. The fourth-order valence-corrected chi connectivity index (χ4v) is 4.82. The molecular formula is C23H29F3N4O2. The molecule has 0 radical (unpaired) electrons. The van der Waals surface area contributed by atoms with E-state index in [-0.39, 0.29) is 23.9 Å². The van der Waals surface area contributed by atoms with Gasteiger partial charge in [0.1, 0.15) is 0 Å². The Hall–Kier alpha value is -2.39. The third-order valence-corrected chi connectivity index (χ3v) is 6.54. The Morgan fingerprint density at radius 1 is 1.19 bits per heavy atom. The van der Waals surface area contributed by atoms with E-state index in [9.17, 15) is 18.0 Å². The number of hydrogen-bond donors (Lipinski definition) is 1. The topological polar surface area (TPSA) is 61.5 Å². The van der Waals surface area contributed by atoms with Gasteiger partial charge in [-0.2, -0.15) is 18.3 Å². The largest absolute Gasteiger partial charge is 0.416 e. The molecule has 6 nitrogen and oxygen atoms in total. The molecule has 3 unspecified atom stereocenters. The molecule has 9 heteroatoms. The summed E-state index contributed by atoms with van der Waals surface area (Å²) in [6.07, 6.45) is -2.95. The van der Waals surface area contributed by atoms with Crippen LogP contribution in [-0.4, -0.2) is 65.4 Å². The number of likely N-dealkylation sites (tertiary alicyclic amines) is 1. The maximum absolute atomic E-state index is 13.0. The highest BCUT2D eigenvalue weighted by molar-refractivity contribution is 5.49. The number of nitrogens with one attached hydrogen (secondary N) is 1. The second-order valence-electron chi connectivity index (χ2n) is 8.93. The zero-order valence-electron chi connectivity index (χ0n) is 18.3. The fourth-order valence-electron chi connectivity index (χ4n) is 4.82. The number of rotatable bonds is 5. The van der Waals surface area contributed by atoms with Crippen molar-refractivity contribution in [3.63, 3.8) is 0 Å². The van der Waals surface area contributed by atoms with E-state index in [0.717, 1.165) is 48.6 Å². The highest BCUT2D eigenvalue weighted by atomic mass is 19.4. The van der Waals surface area contributed by atoms with Crippen LogP contribution in [0.3, 0.4) is 0 Å². The van der Waals surface area contributed by atoms with Gasteiger partial charge in [0, 0.05) is 37.2 Å². The smallest absolute Gasteiger partial charge is 0.379 e. The second kappa shape index (κ2) is 9.23. The van der Waals surface area contributed by atoms with Crippen LogP contribution in [0.15, 0.2) is 30.3 Å². The molecule has 2 aromatic rings. The van der Waals surface area contributed by atoms with Crippen molar-refractivity contribution in [1.29, 1.82) is 0 Å². The molecule has 2 aliphatic rings. The number of hydrogen-bond acceptors (Lipinski definition) is 4. The summed E-state index contributed by atoms with van der Waals surface area (Å²) in [5.74, 6) is 0.147. The highest BCUT2D eigenvalue weighted by Crippen LogP contribution is 2.41. The van der Waals surface area contributed by atoms with E-state index in [2.05, 4.69) is 35.0 Å². The Balaban J connectivity index is 1.66. The maximum atomic E-state index is 13.0. The lowest BCUT2D eigenvalue weighted by molar-refractivity contribution is -0.137. The van der Waals surface area contributed by atoms with Crippen molar-refractivity contribution in [2.45, 2.75) is 50.4 Å². The van der Waals surface area contributed by atoms with Crippen LogP contribution in [0.5, 0.6) is 0 Å². The van der Waals surface area contributed by atoms with E-state index in [0.29, 0.717) is 26.2 Å². The van der Waals surface area contributed by atoms with E-state index >= 15 is 0 Å². The van der Waals surface area contributed by atoms with E-state index in [1.54, 1.807) is 4.90 Å². The summed E-state index contributed by atoms with van der Waals surface area (Å²) in [5, 5.41) is 7.63. The number of halogens is 3. The van der Waals surface area contributed by atoms with Gasteiger partial charge in [-0.05, 0) is 36.1 Å². The van der Waals surface area contributed by atoms with Crippen LogP contribution < -0.4 is 0 Å². The molecule has 2 aliphatic heterocycles. The minimum Gasteiger partial charge on any atom is -0.379 e. The number of nitrogens with zero attached hydrogens (tertiary/aromatic N) is 3. The number of amides is 1. The first-order chi connectivity index (χ1) is 15.3. The van der Waals surface area contributed by atoms with Gasteiger partial charge in [0.15, 0.2) is 0 Å². The Kier molecular flexibility index (Phi) is 6.57. The van der Waals surface area contributed by atoms with Crippen molar-refractivity contribution in [3.8, 4) is 0 Å². The SMILES string of the molecule is CC(C)c1cc(C2CC(c3ccc(C(F)(F)F)cc3)CN(C=O)C2N2CCOCC2)[nH]n1. The van der Waals surface area contributed by atoms with Gasteiger partial charge in [-0.3, -0.25) is 14.8 Å². The molecule has 1 aromatic heterocycles. The molecule has 3 heterocycles. The average Bonchev–Trinajstić information content (AvgIpc) is 3.29. The second-order valence-corrected chi connectivity index (χ2v) is 8.93. The van der Waals surface area contributed by atoms with Gasteiger partial charge in [0.05, 0.1) is 30.6 Å². The highest BCUT2D eigenvalue weighted by Gasteiger charge is 2.42. The number of alkyl halides is 3. The minimum atomic E-state index is -4.37. The zero-order valence-corrected chi connectivity index (χ0v) is 18.3. The van der Waals surface area contributed by atoms with Crippen molar-refractivity contribution < 1.29 is 22.7 Å². The van der Waals surface area contributed by atoms with E-state index < -0.39 is 11.7 Å². The number of carbonyl (C=O) groups is 1. The van der Waals surface area contributed by atoms with Crippen LogP contribution in [0.25, 0.3) is 0 Å². The summed E-state index contributed by atoms with van der Waals surface area (Å²) in [7, 11) is 0. The molecule has 1 N–H and O–H groups in total. The Morgan fingerprint density at radius 2 is 1.88 bits per heavy atom. The monoisotopic (exact) mass is 450 g/mol. The van der Waals surface area contributed by atoms with Gasteiger partial charge >= 0.3 is 6.18 Å². The molecule has 4 rings (SSSR count). The van der Waals surface area contributed by atoms with Crippen LogP contribution in [0.1, 0.15) is 60.5 Å². The molecule has 32 heavy (non-hydrogen) atoms. The minimum absolute atomic E-state index is 0.0423. The number of carbonyl (C=O) groups excluding carboxylic acids is 1. The number of morpholine rings is 1. The number of ether oxygens (including phenoxy) is 1. The molecule has 1 aromatic carbocycles. The standard InChI is InChI=1S/C23H29F3N4O2/c1-15(2)20-12-21(28-27-20)19-11-17(16-3-5-18(6-4-16)23(24,25)26)13-30(14-31)22(19)29-7-9-32-10-8-29/h3-6,12,14-15,17,19,22H,7-11,13H2,1-2H3,(H,27,28). The lowest BCUT2D eigenvalue weighted by Gasteiger charge is -2.48. The van der Waals surface area contributed by atoms with E-state index in [1.807, 2.05) is 0 Å². The first-order valence-electron chi connectivity index (χ1n) is 11.0. The van der Waals surface area contributed by atoms with Crippen molar-refractivity contribution in [2.24, 2.45) is 0 Å². The van der Waals surface area contributed by atoms with E-state index in [1.165, 1.54) is 12.1 Å². The number of benzene rings is 1. The number of aromatic nitrogens is 2. The molecule has 3 atom stereocenters. The molecule has 0 spiro atoms. The van der Waals surface area contributed by atoms with Crippen LogP contribution in [0.2, 0.25) is 0 Å². The van der Waals surface area contributed by atoms with Gasteiger partial charge in [0.25, 0.3) is 0 Å². The molecule has 2 fully saturated rings. The predicted molar refractivity (Wildman–Crippen MR) is 113 cm³/mol. The Bertz CT molecular complexity index is 907. The fraction of sp³-hybridized carbons (Fsp3) is 0.565. The van der Waals surface area contributed by atoms with Crippen LogP contribution in [-0.2, 0) is 15.7 Å². The van der Waals surface area contributed by atoms with Gasteiger partial charge in [-0.25, -0.2) is 0 Å². The molecule has 0 aliphatic carbocycles. The zero-order chi connectivity index (χ0) is 22.9. The number of H-pyrrole nitrogens is 1. The third-order valence-electron chi connectivity index (χ3n) is 6.54. The maximum Gasteiger partial charge on any atom is 0.416 e. The normalized spacial score (nSPS) is 25.3. The first kappa shape index (κ1) is 22.8. The predicted octanol–water partition coefficient (Wildman–Crippen LogP) is 3.94. The van der Waals surface area contributed by atoms with Crippen molar-refractivity contribution >= 4 is 6.41 Å². The van der Waals surface area contributed by atoms with E-state index in [4.69, 9.17) is 4.74 Å². The molecule has 0 bridgehead atoms. The third kappa shape index (κ3) is 4.68. The average molecular weight is 451 g/mol. The Labute approximate surface area is 185 Å². The number of piperidine rings is 1. The summed E-state index contributed by atoms with van der Waals surface area (Å²) in [6.45, 7) is 7.27. The van der Waals surface area contributed by atoms with Gasteiger partial charge in [-0.15, -0.1) is 0 Å². The molecule has 2 saturated heterocycles. The quantitative estimate of drug-likeness (QED) is 0.701.